The summed E-state index contributed by atoms with van der Waals surface area (Å²) in [4.78, 5) is 2.21. The molecule has 1 aliphatic heterocycles. The number of rotatable bonds is 5. The Bertz CT molecular complexity index is 1900. The van der Waals surface area contributed by atoms with Gasteiger partial charge in [-0.05, 0) is 83.8 Å². The SMILES string of the molecule is Cc1ccc(S(=O)(=O)/C(C#N)=C/c2ccc3c(c2)C(c2ccccc2)C(C)N3c2ccc3ccccc3c2)cc1. The average molecular weight is 541 g/mol. The van der Waals surface area contributed by atoms with Gasteiger partial charge in [0.2, 0.25) is 9.84 Å². The van der Waals surface area contributed by atoms with Gasteiger partial charge >= 0.3 is 0 Å². The van der Waals surface area contributed by atoms with Crippen LogP contribution >= 0.6 is 0 Å². The van der Waals surface area contributed by atoms with Gasteiger partial charge in [0.05, 0.1) is 4.90 Å². The van der Waals surface area contributed by atoms with E-state index in [9.17, 15) is 13.7 Å². The topological polar surface area (TPSA) is 61.2 Å². The highest BCUT2D eigenvalue weighted by Gasteiger charge is 2.37. The van der Waals surface area contributed by atoms with Crippen molar-refractivity contribution in [3.05, 3.63) is 142 Å². The van der Waals surface area contributed by atoms with Crippen molar-refractivity contribution < 1.29 is 8.42 Å². The molecule has 0 aliphatic carbocycles. The molecular weight excluding hydrogens is 512 g/mol. The Morgan fingerprint density at radius 2 is 1.52 bits per heavy atom. The second kappa shape index (κ2) is 10.1. The zero-order chi connectivity index (χ0) is 27.9. The summed E-state index contributed by atoms with van der Waals surface area (Å²) >= 11 is 0. The van der Waals surface area contributed by atoms with Crippen LogP contribution in [0.1, 0.15) is 35.1 Å². The first kappa shape index (κ1) is 25.6. The van der Waals surface area contributed by atoms with E-state index in [0.717, 1.165) is 22.5 Å². The zero-order valence-corrected chi connectivity index (χ0v) is 23.1. The molecule has 2 atom stereocenters. The van der Waals surface area contributed by atoms with Crippen LogP contribution in [0.15, 0.2) is 125 Å². The van der Waals surface area contributed by atoms with Gasteiger partial charge in [0.15, 0.2) is 0 Å². The lowest BCUT2D eigenvalue weighted by molar-refractivity contribution is 0.603. The molecular formula is C35H28N2O2S. The molecule has 0 saturated carbocycles. The van der Waals surface area contributed by atoms with E-state index in [4.69, 9.17) is 0 Å². The maximum atomic E-state index is 13.3. The number of allylic oxidation sites excluding steroid dienone is 1. The van der Waals surface area contributed by atoms with Crippen molar-refractivity contribution in [1.29, 1.82) is 5.26 Å². The van der Waals surface area contributed by atoms with Crippen LogP contribution in [0.3, 0.4) is 0 Å². The van der Waals surface area contributed by atoms with E-state index < -0.39 is 9.84 Å². The molecule has 5 aromatic rings. The van der Waals surface area contributed by atoms with Crippen molar-refractivity contribution >= 4 is 38.1 Å². The van der Waals surface area contributed by atoms with Crippen molar-refractivity contribution in [3.8, 4) is 6.07 Å². The van der Waals surface area contributed by atoms with Crippen molar-refractivity contribution in [3.63, 3.8) is 0 Å². The highest BCUT2D eigenvalue weighted by molar-refractivity contribution is 7.95. The van der Waals surface area contributed by atoms with Crippen molar-refractivity contribution in [2.45, 2.75) is 30.7 Å². The fourth-order valence-corrected chi connectivity index (χ4v) is 6.90. The van der Waals surface area contributed by atoms with Gasteiger partial charge in [-0.15, -0.1) is 0 Å². The standard InChI is InChI=1S/C35H28N2O2S/c1-24-12-17-31(18-13-24)40(38,39)32(23-36)20-26-14-19-34-33(21-26)35(28-9-4-3-5-10-28)25(2)37(34)30-16-15-27-8-6-7-11-29(27)22-30/h3-22,25,35H,1-2H3/b32-20+. The number of fused-ring (bicyclic) bond motifs is 2. The molecule has 0 aromatic heterocycles. The van der Waals surface area contributed by atoms with Crippen molar-refractivity contribution in [1.82, 2.24) is 0 Å². The summed E-state index contributed by atoms with van der Waals surface area (Å²) in [6.07, 6.45) is 1.49. The Morgan fingerprint density at radius 3 is 2.25 bits per heavy atom. The number of hydrogen-bond donors (Lipinski definition) is 0. The normalized spacial score (nSPS) is 17.0. The lowest BCUT2D eigenvalue weighted by Crippen LogP contribution is -2.27. The summed E-state index contributed by atoms with van der Waals surface area (Å²) in [6, 6.07) is 39.9. The molecule has 0 N–H and O–H groups in total. The molecule has 0 saturated heterocycles. The number of hydrogen-bond acceptors (Lipinski definition) is 4. The molecule has 5 aromatic carbocycles. The summed E-state index contributed by atoms with van der Waals surface area (Å²) in [6.45, 7) is 4.12. The van der Waals surface area contributed by atoms with Crippen LogP contribution in [0, 0.1) is 18.3 Å². The van der Waals surface area contributed by atoms with E-state index in [1.807, 2.05) is 55.5 Å². The fraction of sp³-hybridized carbons (Fsp3) is 0.114. The fourth-order valence-electron chi connectivity index (χ4n) is 5.74. The molecule has 1 heterocycles. The van der Waals surface area contributed by atoms with Crippen LogP contribution in [0.4, 0.5) is 11.4 Å². The van der Waals surface area contributed by atoms with Crippen molar-refractivity contribution in [2.24, 2.45) is 0 Å². The number of aryl methyl sites for hydroxylation is 1. The highest BCUT2D eigenvalue weighted by Crippen LogP contribution is 2.49. The van der Waals surface area contributed by atoms with Crippen LogP contribution in [0.2, 0.25) is 0 Å². The molecule has 5 heteroatoms. The van der Waals surface area contributed by atoms with Crippen LogP contribution in [0.5, 0.6) is 0 Å². The molecule has 196 valence electrons. The Hall–Kier alpha value is -4.66. The van der Waals surface area contributed by atoms with Gasteiger partial charge in [-0.2, -0.15) is 5.26 Å². The van der Waals surface area contributed by atoms with Gasteiger partial charge in [-0.25, -0.2) is 8.42 Å². The number of benzene rings is 5. The summed E-state index contributed by atoms with van der Waals surface area (Å²) < 4.78 is 26.6. The first-order chi connectivity index (χ1) is 19.4. The van der Waals surface area contributed by atoms with E-state index in [-0.39, 0.29) is 21.8 Å². The minimum absolute atomic E-state index is 0.0651. The van der Waals surface area contributed by atoms with Crippen LogP contribution in [-0.2, 0) is 9.84 Å². The van der Waals surface area contributed by atoms with E-state index in [1.54, 1.807) is 24.3 Å². The summed E-state index contributed by atoms with van der Waals surface area (Å²) in [5, 5.41) is 12.2. The summed E-state index contributed by atoms with van der Waals surface area (Å²) in [5.74, 6) is 0.0651. The third-order valence-electron chi connectivity index (χ3n) is 7.73. The van der Waals surface area contributed by atoms with Gasteiger partial charge in [-0.1, -0.05) is 84.4 Å². The number of nitriles is 1. The van der Waals surface area contributed by atoms with Crippen molar-refractivity contribution in [2.75, 3.05) is 4.90 Å². The number of sulfone groups is 1. The van der Waals surface area contributed by atoms with Gasteiger partial charge < -0.3 is 4.90 Å². The minimum atomic E-state index is -3.94. The maximum absolute atomic E-state index is 13.3. The second-order valence-electron chi connectivity index (χ2n) is 10.3. The van der Waals surface area contributed by atoms with Gasteiger partial charge in [-0.3, -0.25) is 0 Å². The molecule has 4 nitrogen and oxygen atoms in total. The predicted molar refractivity (Wildman–Crippen MR) is 162 cm³/mol. The maximum Gasteiger partial charge on any atom is 0.216 e. The predicted octanol–water partition coefficient (Wildman–Crippen LogP) is 8.16. The smallest absolute Gasteiger partial charge is 0.216 e. The van der Waals surface area contributed by atoms with Gasteiger partial charge in [0.25, 0.3) is 0 Å². The van der Waals surface area contributed by atoms with Crippen LogP contribution in [-0.4, -0.2) is 14.5 Å². The van der Waals surface area contributed by atoms with Gasteiger partial charge in [0.1, 0.15) is 11.0 Å². The largest absolute Gasteiger partial charge is 0.337 e. The quantitative estimate of drug-likeness (QED) is 0.211. The lowest BCUT2D eigenvalue weighted by atomic mass is 9.88. The van der Waals surface area contributed by atoms with E-state index in [1.165, 1.54) is 22.4 Å². The lowest BCUT2D eigenvalue weighted by Gasteiger charge is -2.28. The summed E-state index contributed by atoms with van der Waals surface area (Å²) in [7, 11) is -3.94. The third-order valence-corrected chi connectivity index (χ3v) is 9.42. The number of anilines is 2. The Labute approximate surface area is 235 Å². The first-order valence-corrected chi connectivity index (χ1v) is 14.8. The van der Waals surface area contributed by atoms with Crippen LogP contribution in [0.25, 0.3) is 16.8 Å². The van der Waals surface area contributed by atoms with E-state index in [2.05, 4.69) is 60.4 Å². The molecule has 0 bridgehead atoms. The molecule has 2 unspecified atom stereocenters. The van der Waals surface area contributed by atoms with E-state index >= 15 is 0 Å². The molecule has 0 spiro atoms. The minimum Gasteiger partial charge on any atom is -0.337 e. The molecule has 40 heavy (non-hydrogen) atoms. The average Bonchev–Trinajstić information content (AvgIpc) is 3.27. The Morgan fingerprint density at radius 1 is 0.825 bits per heavy atom. The van der Waals surface area contributed by atoms with E-state index in [0.29, 0.717) is 5.56 Å². The monoisotopic (exact) mass is 540 g/mol. The molecule has 6 rings (SSSR count). The zero-order valence-electron chi connectivity index (χ0n) is 22.3. The molecule has 0 fully saturated rings. The van der Waals surface area contributed by atoms with Gasteiger partial charge in [0, 0.05) is 23.3 Å². The molecule has 0 amide bonds. The summed E-state index contributed by atoms with van der Waals surface area (Å²) in [5.41, 5.74) is 6.11. The molecule has 1 aliphatic rings. The first-order valence-electron chi connectivity index (χ1n) is 13.3. The second-order valence-corrected chi connectivity index (χ2v) is 12.2. The Kier molecular flexibility index (Phi) is 6.50. The molecule has 0 radical (unpaired) electrons. The highest BCUT2D eigenvalue weighted by atomic mass is 32.2. The Balaban J connectivity index is 1.47. The van der Waals surface area contributed by atoms with Crippen LogP contribution < -0.4 is 4.90 Å². The number of nitrogens with zero attached hydrogens (tertiary/aromatic N) is 2. The third kappa shape index (κ3) is 4.47.